The molecule has 3 heteroatoms. The van der Waals surface area contributed by atoms with E-state index in [9.17, 15) is 4.79 Å². The zero-order valence-corrected chi connectivity index (χ0v) is 9.66. The van der Waals surface area contributed by atoms with Crippen molar-refractivity contribution >= 4 is 16.8 Å². The molecule has 1 aromatic heterocycles. The molecule has 0 atom stereocenters. The van der Waals surface area contributed by atoms with Crippen LogP contribution < -0.4 is 0 Å². The van der Waals surface area contributed by atoms with E-state index in [1.54, 1.807) is 4.90 Å². The van der Waals surface area contributed by atoms with Crippen molar-refractivity contribution in [3.05, 3.63) is 36.0 Å². The molecule has 2 aromatic rings. The van der Waals surface area contributed by atoms with Crippen molar-refractivity contribution in [3.63, 3.8) is 0 Å². The molecule has 0 bridgehead atoms. The molecule has 3 nitrogen and oxygen atoms in total. The van der Waals surface area contributed by atoms with Gasteiger partial charge in [0.1, 0.15) is 5.69 Å². The lowest BCUT2D eigenvalue weighted by atomic mass is 10.2. The van der Waals surface area contributed by atoms with E-state index in [4.69, 9.17) is 0 Å². The second-order valence-corrected chi connectivity index (χ2v) is 4.00. The quantitative estimate of drug-likeness (QED) is 0.841. The number of benzene rings is 1. The van der Waals surface area contributed by atoms with E-state index in [1.165, 1.54) is 0 Å². The summed E-state index contributed by atoms with van der Waals surface area (Å²) in [6.45, 7) is 2.85. The summed E-state index contributed by atoms with van der Waals surface area (Å²) in [7, 11) is 1.83. The Morgan fingerprint density at radius 2 is 2.12 bits per heavy atom. The first kappa shape index (κ1) is 10.7. The van der Waals surface area contributed by atoms with Crippen LogP contribution in [-0.4, -0.2) is 29.4 Å². The lowest BCUT2D eigenvalue weighted by Crippen LogP contribution is -2.27. The minimum absolute atomic E-state index is 0.0537. The van der Waals surface area contributed by atoms with Crippen molar-refractivity contribution in [2.75, 3.05) is 13.6 Å². The van der Waals surface area contributed by atoms with Gasteiger partial charge in [0.05, 0.1) is 0 Å². The van der Waals surface area contributed by atoms with Crippen LogP contribution in [-0.2, 0) is 0 Å². The number of aromatic amines is 1. The molecule has 1 heterocycles. The molecular weight excluding hydrogens is 200 g/mol. The fourth-order valence-electron chi connectivity index (χ4n) is 1.83. The summed E-state index contributed by atoms with van der Waals surface area (Å²) in [6, 6.07) is 9.82. The minimum Gasteiger partial charge on any atom is -0.351 e. The topological polar surface area (TPSA) is 36.1 Å². The fourth-order valence-corrected chi connectivity index (χ4v) is 1.83. The van der Waals surface area contributed by atoms with Gasteiger partial charge in [0.15, 0.2) is 0 Å². The van der Waals surface area contributed by atoms with E-state index < -0.39 is 0 Å². The van der Waals surface area contributed by atoms with Gasteiger partial charge in [-0.25, -0.2) is 0 Å². The highest BCUT2D eigenvalue weighted by Crippen LogP contribution is 2.15. The van der Waals surface area contributed by atoms with Crippen LogP contribution >= 0.6 is 0 Å². The SMILES string of the molecule is CCCN(C)C(=O)c1cc2ccccc2[nH]1. The van der Waals surface area contributed by atoms with E-state index in [0.29, 0.717) is 5.69 Å². The van der Waals surface area contributed by atoms with E-state index in [0.717, 1.165) is 23.9 Å². The first-order valence-corrected chi connectivity index (χ1v) is 5.55. The molecule has 1 amide bonds. The van der Waals surface area contributed by atoms with Gasteiger partial charge < -0.3 is 9.88 Å². The number of H-pyrrole nitrogens is 1. The monoisotopic (exact) mass is 216 g/mol. The van der Waals surface area contributed by atoms with Crippen LogP contribution in [0.2, 0.25) is 0 Å². The lowest BCUT2D eigenvalue weighted by Gasteiger charge is -2.14. The third kappa shape index (κ3) is 1.94. The first-order chi connectivity index (χ1) is 7.72. The summed E-state index contributed by atoms with van der Waals surface area (Å²) < 4.78 is 0. The maximum absolute atomic E-state index is 12.0. The normalized spacial score (nSPS) is 10.6. The average molecular weight is 216 g/mol. The minimum atomic E-state index is 0.0537. The maximum atomic E-state index is 12.0. The summed E-state index contributed by atoms with van der Waals surface area (Å²) >= 11 is 0. The van der Waals surface area contributed by atoms with Gasteiger partial charge in [-0.15, -0.1) is 0 Å². The van der Waals surface area contributed by atoms with E-state index in [-0.39, 0.29) is 5.91 Å². The van der Waals surface area contributed by atoms with Gasteiger partial charge in [0.25, 0.3) is 5.91 Å². The Morgan fingerprint density at radius 1 is 1.38 bits per heavy atom. The number of hydrogen-bond acceptors (Lipinski definition) is 1. The largest absolute Gasteiger partial charge is 0.351 e. The average Bonchev–Trinajstić information content (AvgIpc) is 2.71. The molecule has 0 unspecified atom stereocenters. The van der Waals surface area contributed by atoms with Crippen molar-refractivity contribution in [3.8, 4) is 0 Å². The Hall–Kier alpha value is -1.77. The Kier molecular flexibility index (Phi) is 2.95. The molecule has 16 heavy (non-hydrogen) atoms. The highest BCUT2D eigenvalue weighted by atomic mass is 16.2. The predicted octanol–water partition coefficient (Wildman–Crippen LogP) is 2.65. The van der Waals surface area contributed by atoms with Gasteiger partial charge in [0.2, 0.25) is 0 Å². The molecule has 0 spiro atoms. The number of nitrogens with one attached hydrogen (secondary N) is 1. The van der Waals surface area contributed by atoms with Crippen molar-refractivity contribution < 1.29 is 4.79 Å². The number of para-hydroxylation sites is 1. The summed E-state index contributed by atoms with van der Waals surface area (Å²) in [4.78, 5) is 16.9. The molecule has 0 saturated heterocycles. The summed E-state index contributed by atoms with van der Waals surface area (Å²) in [5.74, 6) is 0.0537. The molecule has 84 valence electrons. The Bertz CT molecular complexity index is 468. The molecule has 0 aliphatic heterocycles. The van der Waals surface area contributed by atoms with E-state index in [2.05, 4.69) is 11.9 Å². The number of fused-ring (bicyclic) bond motifs is 1. The molecule has 0 radical (unpaired) electrons. The summed E-state index contributed by atoms with van der Waals surface area (Å²) in [5, 5.41) is 1.08. The van der Waals surface area contributed by atoms with Crippen molar-refractivity contribution in [2.45, 2.75) is 13.3 Å². The van der Waals surface area contributed by atoms with Crippen LogP contribution in [0.4, 0.5) is 0 Å². The van der Waals surface area contributed by atoms with Gasteiger partial charge in [-0.05, 0) is 18.6 Å². The van der Waals surface area contributed by atoms with E-state index >= 15 is 0 Å². The summed E-state index contributed by atoms with van der Waals surface area (Å²) in [6.07, 6.45) is 0.975. The van der Waals surface area contributed by atoms with Crippen LogP contribution in [0, 0.1) is 0 Å². The number of rotatable bonds is 3. The lowest BCUT2D eigenvalue weighted by molar-refractivity contribution is 0.0790. The van der Waals surface area contributed by atoms with Crippen LogP contribution in [0.15, 0.2) is 30.3 Å². The predicted molar refractivity (Wildman–Crippen MR) is 65.6 cm³/mol. The van der Waals surface area contributed by atoms with E-state index in [1.807, 2.05) is 37.4 Å². The van der Waals surface area contributed by atoms with Crippen LogP contribution in [0.5, 0.6) is 0 Å². The van der Waals surface area contributed by atoms with Gasteiger partial charge in [-0.1, -0.05) is 25.1 Å². The summed E-state index contributed by atoms with van der Waals surface area (Å²) in [5.41, 5.74) is 1.67. The zero-order chi connectivity index (χ0) is 11.5. The van der Waals surface area contributed by atoms with Crippen LogP contribution in [0.25, 0.3) is 10.9 Å². The third-order valence-electron chi connectivity index (χ3n) is 2.67. The second kappa shape index (κ2) is 4.39. The van der Waals surface area contributed by atoms with Crippen LogP contribution in [0.1, 0.15) is 23.8 Å². The molecule has 2 rings (SSSR count). The molecular formula is C13H16N2O. The number of carbonyl (C=O) groups excluding carboxylic acids is 1. The van der Waals surface area contributed by atoms with Gasteiger partial charge in [0, 0.05) is 24.5 Å². The van der Waals surface area contributed by atoms with Crippen molar-refractivity contribution in [1.82, 2.24) is 9.88 Å². The van der Waals surface area contributed by atoms with Crippen LogP contribution in [0.3, 0.4) is 0 Å². The molecule has 0 aliphatic rings. The molecule has 0 saturated carbocycles. The van der Waals surface area contributed by atoms with Gasteiger partial charge >= 0.3 is 0 Å². The Balaban J connectivity index is 2.29. The van der Waals surface area contributed by atoms with Gasteiger partial charge in [-0.2, -0.15) is 0 Å². The Labute approximate surface area is 95.1 Å². The number of amides is 1. The number of carbonyl (C=O) groups is 1. The van der Waals surface area contributed by atoms with Gasteiger partial charge in [-0.3, -0.25) is 4.79 Å². The molecule has 1 N–H and O–H groups in total. The highest BCUT2D eigenvalue weighted by Gasteiger charge is 2.12. The molecule has 0 aliphatic carbocycles. The standard InChI is InChI=1S/C13H16N2O/c1-3-8-15(2)13(16)12-9-10-6-4-5-7-11(10)14-12/h4-7,9,14H,3,8H2,1-2H3. The maximum Gasteiger partial charge on any atom is 0.270 e. The number of nitrogens with zero attached hydrogens (tertiary/aromatic N) is 1. The third-order valence-corrected chi connectivity index (χ3v) is 2.67. The Morgan fingerprint density at radius 3 is 2.81 bits per heavy atom. The highest BCUT2D eigenvalue weighted by molar-refractivity contribution is 5.97. The first-order valence-electron chi connectivity index (χ1n) is 5.55. The van der Waals surface area contributed by atoms with Crippen molar-refractivity contribution in [2.24, 2.45) is 0 Å². The smallest absolute Gasteiger partial charge is 0.270 e. The fraction of sp³-hybridized carbons (Fsp3) is 0.308. The zero-order valence-electron chi connectivity index (χ0n) is 9.66. The van der Waals surface area contributed by atoms with Crippen molar-refractivity contribution in [1.29, 1.82) is 0 Å². The second-order valence-electron chi connectivity index (χ2n) is 4.00. The number of aromatic nitrogens is 1. The molecule has 1 aromatic carbocycles. The number of hydrogen-bond donors (Lipinski definition) is 1. The molecule has 0 fully saturated rings.